The largest absolute Gasteiger partial charge is 0.323 e. The van der Waals surface area contributed by atoms with E-state index in [1.54, 1.807) is 6.20 Å². The van der Waals surface area contributed by atoms with Crippen LogP contribution in [-0.2, 0) is 4.79 Å². The lowest BCUT2D eigenvalue weighted by Gasteiger charge is -2.27. The highest BCUT2D eigenvalue weighted by Gasteiger charge is 2.40. The van der Waals surface area contributed by atoms with E-state index in [9.17, 15) is 4.79 Å². The van der Waals surface area contributed by atoms with Gasteiger partial charge in [0.1, 0.15) is 0 Å². The quantitative estimate of drug-likeness (QED) is 0.835. The number of hydrogen-bond acceptors (Lipinski definition) is 3. The molecule has 0 aliphatic carbocycles. The average Bonchev–Trinajstić information content (AvgIpc) is 2.84. The topological polar surface area (TPSA) is 54.0 Å². The van der Waals surface area contributed by atoms with E-state index in [4.69, 9.17) is 11.6 Å². The Hall–Kier alpha value is -1.13. The third kappa shape index (κ3) is 2.90. The first-order valence-electron chi connectivity index (χ1n) is 6.72. The monoisotopic (exact) mass is 281 g/mol. The maximum atomic E-state index is 12.6. The second kappa shape index (κ2) is 5.88. The van der Waals surface area contributed by atoms with Gasteiger partial charge in [-0.05, 0) is 37.9 Å². The van der Waals surface area contributed by atoms with Gasteiger partial charge in [-0.1, -0.05) is 24.9 Å². The van der Waals surface area contributed by atoms with Crippen LogP contribution >= 0.6 is 11.6 Å². The van der Waals surface area contributed by atoms with E-state index in [0.29, 0.717) is 10.8 Å². The van der Waals surface area contributed by atoms with E-state index in [1.807, 2.05) is 13.0 Å². The minimum Gasteiger partial charge on any atom is -0.323 e. The Labute approximate surface area is 118 Å². The molecule has 1 saturated heterocycles. The van der Waals surface area contributed by atoms with Crippen LogP contribution in [0.15, 0.2) is 12.3 Å². The fourth-order valence-corrected chi connectivity index (χ4v) is 2.92. The fraction of sp³-hybridized carbons (Fsp3) is 0.571. The number of carbonyl (C=O) groups excluding carboxylic acids is 1. The van der Waals surface area contributed by atoms with Crippen molar-refractivity contribution in [2.75, 3.05) is 18.4 Å². The Kier molecular flexibility index (Phi) is 4.42. The number of hydrogen-bond donors (Lipinski definition) is 2. The van der Waals surface area contributed by atoms with E-state index >= 15 is 0 Å². The van der Waals surface area contributed by atoms with Crippen molar-refractivity contribution in [1.29, 1.82) is 0 Å². The van der Waals surface area contributed by atoms with Gasteiger partial charge in [0.15, 0.2) is 5.15 Å². The molecule has 1 aliphatic heterocycles. The molecule has 0 bridgehead atoms. The van der Waals surface area contributed by atoms with E-state index in [1.165, 1.54) is 0 Å². The molecule has 0 spiro atoms. The summed E-state index contributed by atoms with van der Waals surface area (Å²) in [4.78, 5) is 16.6. The molecule has 1 atom stereocenters. The Morgan fingerprint density at radius 3 is 3.00 bits per heavy atom. The second-order valence-electron chi connectivity index (χ2n) is 5.20. The second-order valence-corrected chi connectivity index (χ2v) is 5.56. The zero-order valence-electron chi connectivity index (χ0n) is 11.4. The molecule has 1 aromatic rings. The van der Waals surface area contributed by atoms with Gasteiger partial charge in [-0.25, -0.2) is 4.98 Å². The summed E-state index contributed by atoms with van der Waals surface area (Å²) >= 11 is 6.06. The molecule has 4 nitrogen and oxygen atoms in total. The third-order valence-electron chi connectivity index (χ3n) is 3.81. The van der Waals surface area contributed by atoms with Gasteiger partial charge in [0.2, 0.25) is 5.91 Å². The normalized spacial score (nSPS) is 22.5. The Morgan fingerprint density at radius 1 is 1.63 bits per heavy atom. The van der Waals surface area contributed by atoms with Crippen LogP contribution in [0.3, 0.4) is 0 Å². The SMILES string of the molecule is CCCC1(C(=O)Nc2c(C)ccnc2Cl)CCNC1. The van der Waals surface area contributed by atoms with Crippen molar-refractivity contribution in [2.45, 2.75) is 33.1 Å². The van der Waals surface area contributed by atoms with Crippen molar-refractivity contribution in [3.8, 4) is 0 Å². The molecule has 2 rings (SSSR count). The predicted octanol–water partition coefficient (Wildman–Crippen LogP) is 2.76. The summed E-state index contributed by atoms with van der Waals surface area (Å²) in [5.74, 6) is 0.0531. The number of aryl methyl sites for hydroxylation is 1. The van der Waals surface area contributed by atoms with Gasteiger partial charge in [-0.3, -0.25) is 4.79 Å². The van der Waals surface area contributed by atoms with Crippen LogP contribution in [0.25, 0.3) is 0 Å². The smallest absolute Gasteiger partial charge is 0.232 e. The lowest BCUT2D eigenvalue weighted by Crippen LogP contribution is -2.38. The number of rotatable bonds is 4. The summed E-state index contributed by atoms with van der Waals surface area (Å²) in [5, 5.41) is 6.61. The van der Waals surface area contributed by atoms with E-state index < -0.39 is 0 Å². The van der Waals surface area contributed by atoms with Gasteiger partial charge in [0.05, 0.1) is 11.1 Å². The zero-order chi connectivity index (χ0) is 13.9. The molecule has 5 heteroatoms. The molecule has 0 aromatic carbocycles. The Morgan fingerprint density at radius 2 is 2.42 bits per heavy atom. The number of aromatic nitrogens is 1. The van der Waals surface area contributed by atoms with Gasteiger partial charge in [0.25, 0.3) is 0 Å². The number of halogens is 1. The molecule has 1 unspecified atom stereocenters. The highest BCUT2D eigenvalue weighted by molar-refractivity contribution is 6.32. The number of carbonyl (C=O) groups is 1. The molecular weight excluding hydrogens is 262 g/mol. The molecule has 2 N–H and O–H groups in total. The van der Waals surface area contributed by atoms with Gasteiger partial charge in [0, 0.05) is 12.7 Å². The molecule has 1 aliphatic rings. The van der Waals surface area contributed by atoms with Crippen molar-refractivity contribution in [3.63, 3.8) is 0 Å². The van der Waals surface area contributed by atoms with Crippen molar-refractivity contribution in [3.05, 3.63) is 23.0 Å². The molecule has 2 heterocycles. The Bertz CT molecular complexity index is 450. The van der Waals surface area contributed by atoms with Gasteiger partial charge >= 0.3 is 0 Å². The van der Waals surface area contributed by atoms with Crippen LogP contribution in [0.5, 0.6) is 0 Å². The number of amides is 1. The molecule has 1 fully saturated rings. The first-order chi connectivity index (χ1) is 9.09. The van der Waals surface area contributed by atoms with Crippen LogP contribution in [0.2, 0.25) is 5.15 Å². The van der Waals surface area contributed by atoms with Gasteiger partial charge < -0.3 is 10.6 Å². The maximum absolute atomic E-state index is 12.6. The fourth-order valence-electron chi connectivity index (χ4n) is 2.66. The Balaban J connectivity index is 2.20. The first kappa shape index (κ1) is 14.3. The predicted molar refractivity (Wildman–Crippen MR) is 77.4 cm³/mol. The molecule has 104 valence electrons. The molecule has 19 heavy (non-hydrogen) atoms. The zero-order valence-corrected chi connectivity index (χ0v) is 12.2. The highest BCUT2D eigenvalue weighted by Crippen LogP contribution is 2.34. The molecule has 0 radical (unpaired) electrons. The van der Waals surface area contributed by atoms with Gasteiger partial charge in [-0.2, -0.15) is 0 Å². The molecular formula is C14H20ClN3O. The summed E-state index contributed by atoms with van der Waals surface area (Å²) in [7, 11) is 0. The van der Waals surface area contributed by atoms with Crippen molar-refractivity contribution in [1.82, 2.24) is 10.3 Å². The highest BCUT2D eigenvalue weighted by atomic mass is 35.5. The van der Waals surface area contributed by atoms with Crippen LogP contribution in [0.4, 0.5) is 5.69 Å². The lowest BCUT2D eigenvalue weighted by molar-refractivity contribution is -0.125. The lowest BCUT2D eigenvalue weighted by atomic mass is 9.81. The number of nitrogens with zero attached hydrogens (tertiary/aromatic N) is 1. The van der Waals surface area contributed by atoms with Crippen molar-refractivity contribution >= 4 is 23.2 Å². The van der Waals surface area contributed by atoms with Crippen LogP contribution in [0.1, 0.15) is 31.7 Å². The maximum Gasteiger partial charge on any atom is 0.232 e. The minimum atomic E-state index is -0.305. The third-order valence-corrected chi connectivity index (χ3v) is 4.09. The molecule has 1 aromatic heterocycles. The van der Waals surface area contributed by atoms with Crippen molar-refractivity contribution < 1.29 is 4.79 Å². The minimum absolute atomic E-state index is 0.0531. The molecule has 0 saturated carbocycles. The summed E-state index contributed by atoms with van der Waals surface area (Å²) in [6.45, 7) is 5.66. The summed E-state index contributed by atoms with van der Waals surface area (Å²) < 4.78 is 0. The first-order valence-corrected chi connectivity index (χ1v) is 7.10. The number of pyridine rings is 1. The van der Waals surface area contributed by atoms with Crippen LogP contribution in [-0.4, -0.2) is 24.0 Å². The summed E-state index contributed by atoms with van der Waals surface area (Å²) in [5.41, 5.74) is 1.27. The van der Waals surface area contributed by atoms with Gasteiger partial charge in [-0.15, -0.1) is 0 Å². The summed E-state index contributed by atoms with van der Waals surface area (Å²) in [6.07, 6.45) is 4.41. The molecule has 1 amide bonds. The van der Waals surface area contributed by atoms with Crippen LogP contribution in [0, 0.1) is 12.3 Å². The number of anilines is 1. The standard InChI is InChI=1S/C14H20ClN3O/c1-3-5-14(6-8-16-9-14)13(19)18-11-10(2)4-7-17-12(11)15/h4,7,16H,3,5-6,8-9H2,1-2H3,(H,18,19). The number of nitrogens with one attached hydrogen (secondary N) is 2. The van der Waals surface area contributed by atoms with Crippen molar-refractivity contribution in [2.24, 2.45) is 5.41 Å². The van der Waals surface area contributed by atoms with E-state index in [-0.39, 0.29) is 11.3 Å². The van der Waals surface area contributed by atoms with E-state index in [2.05, 4.69) is 22.5 Å². The summed E-state index contributed by atoms with van der Waals surface area (Å²) in [6, 6.07) is 1.85. The average molecular weight is 282 g/mol. The van der Waals surface area contributed by atoms with E-state index in [0.717, 1.165) is 37.9 Å². The van der Waals surface area contributed by atoms with Crippen LogP contribution < -0.4 is 10.6 Å².